The molecular formula is C27H25F3N2O3S. The van der Waals surface area contributed by atoms with E-state index in [2.05, 4.69) is 4.98 Å². The zero-order chi connectivity index (χ0) is 26.1. The number of hydrogen-bond donors (Lipinski definition) is 1. The largest absolute Gasteiger partial charge is 0.416 e. The number of alkyl halides is 3. The van der Waals surface area contributed by atoms with Gasteiger partial charge >= 0.3 is 6.18 Å². The maximum absolute atomic E-state index is 13.6. The number of fused-ring (bicyclic) bond motifs is 1. The Balaban J connectivity index is 1.75. The molecule has 0 aliphatic rings. The molecule has 0 bridgehead atoms. The van der Waals surface area contributed by atoms with Crippen LogP contribution in [-0.4, -0.2) is 24.3 Å². The molecule has 3 aromatic carbocycles. The van der Waals surface area contributed by atoms with E-state index in [1.54, 1.807) is 6.07 Å². The number of rotatable bonds is 7. The van der Waals surface area contributed by atoms with Gasteiger partial charge in [0.05, 0.1) is 10.5 Å². The van der Waals surface area contributed by atoms with E-state index in [0.717, 1.165) is 44.6 Å². The summed E-state index contributed by atoms with van der Waals surface area (Å²) in [7, 11) is -4.36. The lowest BCUT2D eigenvalue weighted by Gasteiger charge is -2.23. The van der Waals surface area contributed by atoms with Crippen molar-refractivity contribution in [2.45, 2.75) is 37.9 Å². The molecule has 188 valence electrons. The van der Waals surface area contributed by atoms with Gasteiger partial charge in [-0.15, -0.1) is 0 Å². The van der Waals surface area contributed by atoms with Gasteiger partial charge in [-0.3, -0.25) is 4.79 Å². The van der Waals surface area contributed by atoms with Crippen LogP contribution in [0.25, 0.3) is 10.9 Å². The average Bonchev–Trinajstić information content (AvgIpc) is 2.83. The first-order valence-electron chi connectivity index (χ1n) is 11.3. The molecule has 0 aliphatic carbocycles. The quantitative estimate of drug-likeness (QED) is 0.349. The number of aromatic amines is 1. The molecule has 0 spiro atoms. The van der Waals surface area contributed by atoms with E-state index in [9.17, 15) is 26.4 Å². The second kappa shape index (κ2) is 9.91. The van der Waals surface area contributed by atoms with E-state index in [1.165, 1.54) is 0 Å². The van der Waals surface area contributed by atoms with Crippen LogP contribution in [0.2, 0.25) is 0 Å². The summed E-state index contributed by atoms with van der Waals surface area (Å²) in [5, 5.41) is 0.743. The van der Waals surface area contributed by atoms with E-state index >= 15 is 0 Å². The second-order valence-corrected chi connectivity index (χ2v) is 10.7. The first-order chi connectivity index (χ1) is 16.9. The van der Waals surface area contributed by atoms with Gasteiger partial charge < -0.3 is 4.98 Å². The molecule has 0 unspecified atom stereocenters. The number of sulfonamides is 1. The topological polar surface area (TPSA) is 70.2 Å². The minimum Gasteiger partial charge on any atom is -0.322 e. The van der Waals surface area contributed by atoms with Gasteiger partial charge in [-0.05, 0) is 78.7 Å². The number of halogens is 3. The fraction of sp³-hybridized carbons (Fsp3) is 0.222. The lowest BCUT2D eigenvalue weighted by molar-refractivity contribution is -0.137. The summed E-state index contributed by atoms with van der Waals surface area (Å²) < 4.78 is 68.0. The second-order valence-electron chi connectivity index (χ2n) is 8.75. The SMILES string of the molecule is Cc1cc2cc(CN(CCc3ccccc3)S(=O)(=O)c3cccc(C(F)(F)F)c3)c(=O)[nH]c2cc1C. The predicted molar refractivity (Wildman–Crippen MR) is 133 cm³/mol. The van der Waals surface area contributed by atoms with Crippen molar-refractivity contribution in [1.82, 2.24) is 9.29 Å². The number of benzene rings is 3. The minimum atomic E-state index is -4.69. The Morgan fingerprint density at radius 1 is 0.889 bits per heavy atom. The fourth-order valence-corrected chi connectivity index (χ4v) is 5.46. The lowest BCUT2D eigenvalue weighted by atomic mass is 10.0. The maximum Gasteiger partial charge on any atom is 0.416 e. The third-order valence-electron chi connectivity index (χ3n) is 6.17. The number of hydrogen-bond acceptors (Lipinski definition) is 3. The normalized spacial score (nSPS) is 12.4. The van der Waals surface area contributed by atoms with Crippen LogP contribution in [0, 0.1) is 13.8 Å². The van der Waals surface area contributed by atoms with Gasteiger partial charge in [0.15, 0.2) is 0 Å². The molecule has 0 aliphatic heterocycles. The molecule has 1 aromatic heterocycles. The molecule has 1 N–H and O–H groups in total. The molecule has 0 radical (unpaired) electrons. The van der Waals surface area contributed by atoms with Gasteiger partial charge in [0.25, 0.3) is 5.56 Å². The van der Waals surface area contributed by atoms with Gasteiger partial charge in [-0.25, -0.2) is 8.42 Å². The lowest BCUT2D eigenvalue weighted by Crippen LogP contribution is -2.34. The molecule has 1 heterocycles. The minimum absolute atomic E-state index is 0.0208. The summed E-state index contributed by atoms with van der Waals surface area (Å²) in [6.45, 7) is 3.55. The summed E-state index contributed by atoms with van der Waals surface area (Å²) in [6, 6.07) is 18.2. The predicted octanol–water partition coefficient (Wildman–Crippen LogP) is 5.60. The Hall–Kier alpha value is -3.43. The van der Waals surface area contributed by atoms with Crippen molar-refractivity contribution in [3.05, 3.63) is 111 Å². The van der Waals surface area contributed by atoms with Crippen LogP contribution in [0.3, 0.4) is 0 Å². The molecular weight excluding hydrogens is 489 g/mol. The summed E-state index contributed by atoms with van der Waals surface area (Å²) in [4.78, 5) is 15.2. The third kappa shape index (κ3) is 5.52. The van der Waals surface area contributed by atoms with Gasteiger partial charge in [0.2, 0.25) is 10.0 Å². The summed E-state index contributed by atoms with van der Waals surface area (Å²) in [5.41, 5.74) is 2.20. The van der Waals surface area contributed by atoms with E-state index in [0.29, 0.717) is 18.0 Å². The number of nitrogens with zero attached hydrogens (tertiary/aromatic N) is 1. The standard InChI is InChI=1S/C27H25F3N2O3S/c1-18-13-21-15-22(26(33)31-25(21)14-19(18)2)17-32(12-11-20-7-4-3-5-8-20)36(34,35)24-10-6-9-23(16-24)27(28,29)30/h3-10,13-16H,11-12,17H2,1-2H3,(H,31,33). The van der Waals surface area contributed by atoms with Crippen LogP contribution in [0.5, 0.6) is 0 Å². The molecule has 0 fully saturated rings. The smallest absolute Gasteiger partial charge is 0.322 e. The highest BCUT2D eigenvalue weighted by molar-refractivity contribution is 7.89. The first-order valence-corrected chi connectivity index (χ1v) is 12.7. The number of H-pyrrole nitrogens is 1. The van der Waals surface area contributed by atoms with Crippen LogP contribution < -0.4 is 5.56 Å². The number of pyridine rings is 1. The number of nitrogens with one attached hydrogen (secondary N) is 1. The van der Waals surface area contributed by atoms with E-state index in [4.69, 9.17) is 0 Å². The van der Waals surface area contributed by atoms with Crippen LogP contribution in [-0.2, 0) is 29.2 Å². The summed E-state index contributed by atoms with van der Waals surface area (Å²) in [5.74, 6) is 0. The Morgan fingerprint density at radius 2 is 1.58 bits per heavy atom. The monoisotopic (exact) mass is 514 g/mol. The van der Waals surface area contributed by atoms with Crippen molar-refractivity contribution in [3.8, 4) is 0 Å². The highest BCUT2D eigenvalue weighted by atomic mass is 32.2. The van der Waals surface area contributed by atoms with Crippen molar-refractivity contribution in [3.63, 3.8) is 0 Å². The van der Waals surface area contributed by atoms with Crippen molar-refractivity contribution in [1.29, 1.82) is 0 Å². The van der Waals surface area contributed by atoms with Crippen LogP contribution in [0.4, 0.5) is 13.2 Å². The van der Waals surface area contributed by atoms with Gasteiger partial charge in [-0.1, -0.05) is 36.4 Å². The third-order valence-corrected chi connectivity index (χ3v) is 8.02. The average molecular weight is 515 g/mol. The van der Waals surface area contributed by atoms with E-state index < -0.39 is 32.2 Å². The van der Waals surface area contributed by atoms with Crippen molar-refractivity contribution >= 4 is 20.9 Å². The number of aromatic nitrogens is 1. The Kier molecular flexibility index (Phi) is 7.06. The molecule has 5 nitrogen and oxygen atoms in total. The molecule has 0 amide bonds. The summed E-state index contributed by atoms with van der Waals surface area (Å²) >= 11 is 0. The highest BCUT2D eigenvalue weighted by Crippen LogP contribution is 2.31. The van der Waals surface area contributed by atoms with Crippen molar-refractivity contribution in [2.24, 2.45) is 0 Å². The van der Waals surface area contributed by atoms with Gasteiger partial charge in [0.1, 0.15) is 0 Å². The highest BCUT2D eigenvalue weighted by Gasteiger charge is 2.33. The maximum atomic E-state index is 13.6. The molecule has 4 rings (SSSR count). The van der Waals surface area contributed by atoms with Gasteiger partial charge in [0, 0.05) is 24.2 Å². The molecule has 0 saturated carbocycles. The zero-order valence-corrected chi connectivity index (χ0v) is 20.6. The molecule has 4 aromatic rings. The molecule has 0 saturated heterocycles. The van der Waals surface area contributed by atoms with Crippen molar-refractivity contribution < 1.29 is 21.6 Å². The van der Waals surface area contributed by atoms with Crippen LogP contribution >= 0.6 is 0 Å². The molecule has 0 atom stereocenters. The Morgan fingerprint density at radius 3 is 2.28 bits per heavy atom. The van der Waals surface area contributed by atoms with Crippen molar-refractivity contribution in [2.75, 3.05) is 6.54 Å². The molecule has 9 heteroatoms. The Bertz CT molecular complexity index is 1560. The van der Waals surface area contributed by atoms with Crippen LogP contribution in [0.15, 0.2) is 82.5 Å². The Labute approximate surface area is 207 Å². The first kappa shape index (κ1) is 25.7. The van der Waals surface area contributed by atoms with E-state index in [1.807, 2.05) is 56.3 Å². The van der Waals surface area contributed by atoms with Crippen LogP contribution in [0.1, 0.15) is 27.8 Å². The fourth-order valence-electron chi connectivity index (χ4n) is 3.99. The zero-order valence-electron chi connectivity index (χ0n) is 19.8. The number of aryl methyl sites for hydroxylation is 2. The molecule has 36 heavy (non-hydrogen) atoms. The van der Waals surface area contributed by atoms with E-state index in [-0.39, 0.29) is 18.7 Å². The van der Waals surface area contributed by atoms with Gasteiger partial charge in [-0.2, -0.15) is 17.5 Å². The summed E-state index contributed by atoms with van der Waals surface area (Å²) in [6.07, 6.45) is -4.37.